The maximum Gasteiger partial charge on any atom is 0.233 e. The third-order valence-electron chi connectivity index (χ3n) is 3.18. The van der Waals surface area contributed by atoms with Crippen molar-refractivity contribution in [2.24, 2.45) is 0 Å². The largest absolute Gasteiger partial charge is 0.394 e. The summed E-state index contributed by atoms with van der Waals surface area (Å²) in [6, 6.07) is 1.79. The number of carbonyl (C=O) groups is 1. The first-order chi connectivity index (χ1) is 10.6. The third-order valence-corrected chi connectivity index (χ3v) is 4.75. The molecule has 1 atom stereocenters. The Labute approximate surface area is 136 Å². The zero-order chi connectivity index (χ0) is 15.9. The molecular formula is C13H19N5O2S2. The number of nitrogens with one attached hydrogen (secondary N) is 1. The van der Waals surface area contributed by atoms with Crippen molar-refractivity contribution < 1.29 is 9.90 Å². The molecule has 0 fully saturated rings. The average Bonchev–Trinajstić information content (AvgIpc) is 3.16. The molecule has 2 aromatic rings. The van der Waals surface area contributed by atoms with Gasteiger partial charge in [-0.25, -0.2) is 5.10 Å². The second kappa shape index (κ2) is 8.16. The first-order valence-electron chi connectivity index (χ1n) is 6.86. The number of anilines is 1. The topological polar surface area (TPSA) is 108 Å². The molecule has 120 valence electrons. The Balaban J connectivity index is 2.01. The standard InChI is InChI=1S/C13H19N5O2S2/c1-2-10(6-19)18(5-9-3-4-21-7-9)11(20)8-22-13-15-12(14)16-17-13/h3-4,7,10,19H,2,5-6,8H2,1H3,(H3,14,15,16,17)/t10-/m0/s1. The number of nitrogens with zero attached hydrogens (tertiary/aromatic N) is 3. The number of aromatic nitrogens is 3. The van der Waals surface area contributed by atoms with Gasteiger partial charge < -0.3 is 15.7 Å². The maximum absolute atomic E-state index is 12.5. The number of rotatable bonds is 8. The minimum absolute atomic E-state index is 0.0509. The molecule has 0 radical (unpaired) electrons. The molecular weight excluding hydrogens is 322 g/mol. The summed E-state index contributed by atoms with van der Waals surface area (Å²) in [7, 11) is 0. The molecule has 0 aliphatic rings. The van der Waals surface area contributed by atoms with E-state index in [4.69, 9.17) is 5.73 Å². The van der Waals surface area contributed by atoms with Crippen LogP contribution >= 0.6 is 23.1 Å². The van der Waals surface area contributed by atoms with Crippen molar-refractivity contribution in [2.75, 3.05) is 18.1 Å². The van der Waals surface area contributed by atoms with E-state index in [-0.39, 0.29) is 30.3 Å². The molecule has 2 rings (SSSR count). The highest BCUT2D eigenvalue weighted by molar-refractivity contribution is 7.99. The van der Waals surface area contributed by atoms with E-state index < -0.39 is 0 Å². The Morgan fingerprint density at radius 1 is 1.64 bits per heavy atom. The van der Waals surface area contributed by atoms with Crippen LogP contribution < -0.4 is 5.73 Å². The van der Waals surface area contributed by atoms with E-state index in [1.807, 2.05) is 23.8 Å². The van der Waals surface area contributed by atoms with E-state index in [9.17, 15) is 9.90 Å². The molecule has 0 spiro atoms. The molecule has 4 N–H and O–H groups in total. The Kier molecular flexibility index (Phi) is 6.22. The summed E-state index contributed by atoms with van der Waals surface area (Å²) >= 11 is 2.81. The van der Waals surface area contributed by atoms with Crippen LogP contribution in [0.5, 0.6) is 0 Å². The van der Waals surface area contributed by atoms with Gasteiger partial charge in [0, 0.05) is 6.54 Å². The molecule has 2 aromatic heterocycles. The van der Waals surface area contributed by atoms with Gasteiger partial charge in [-0.2, -0.15) is 16.3 Å². The maximum atomic E-state index is 12.5. The van der Waals surface area contributed by atoms with Crippen molar-refractivity contribution in [1.82, 2.24) is 20.1 Å². The zero-order valence-corrected chi connectivity index (χ0v) is 13.9. The summed E-state index contributed by atoms with van der Waals surface area (Å²) in [6.07, 6.45) is 0.699. The van der Waals surface area contributed by atoms with Gasteiger partial charge >= 0.3 is 0 Å². The predicted octanol–water partition coefficient (Wildman–Crippen LogP) is 1.34. The number of nitrogens with two attached hydrogens (primary N) is 1. The Morgan fingerprint density at radius 2 is 2.45 bits per heavy atom. The van der Waals surface area contributed by atoms with Gasteiger partial charge in [-0.15, -0.1) is 5.10 Å². The van der Waals surface area contributed by atoms with Crippen LogP contribution in [0.4, 0.5) is 5.95 Å². The quantitative estimate of drug-likeness (QED) is 0.625. The number of aliphatic hydroxyl groups is 1. The van der Waals surface area contributed by atoms with Crippen LogP contribution in [-0.2, 0) is 11.3 Å². The van der Waals surface area contributed by atoms with Crippen molar-refractivity contribution in [3.8, 4) is 0 Å². The Bertz CT molecular complexity index is 583. The SMILES string of the molecule is CC[C@@H](CO)N(Cc1ccsc1)C(=O)CSc1n[nH]c(N)n1. The van der Waals surface area contributed by atoms with Gasteiger partial charge in [0.1, 0.15) is 0 Å². The number of aliphatic hydroxyl groups excluding tert-OH is 1. The molecule has 0 aliphatic carbocycles. The summed E-state index contributed by atoms with van der Waals surface area (Å²) in [5, 5.41) is 20.4. The van der Waals surface area contributed by atoms with Gasteiger partial charge in [0.2, 0.25) is 17.0 Å². The van der Waals surface area contributed by atoms with Gasteiger partial charge in [-0.3, -0.25) is 4.79 Å². The summed E-state index contributed by atoms with van der Waals surface area (Å²) in [5.41, 5.74) is 6.52. The molecule has 2 heterocycles. The molecule has 0 saturated heterocycles. The van der Waals surface area contributed by atoms with Crippen molar-refractivity contribution in [1.29, 1.82) is 0 Å². The van der Waals surface area contributed by atoms with E-state index in [1.165, 1.54) is 11.8 Å². The predicted molar refractivity (Wildman–Crippen MR) is 87.6 cm³/mol. The molecule has 1 amide bonds. The van der Waals surface area contributed by atoms with Crippen molar-refractivity contribution in [2.45, 2.75) is 31.1 Å². The van der Waals surface area contributed by atoms with Crippen LogP contribution in [0.15, 0.2) is 22.0 Å². The normalized spacial score (nSPS) is 12.3. The van der Waals surface area contributed by atoms with Gasteiger partial charge in [0.05, 0.1) is 18.4 Å². The second-order valence-corrected chi connectivity index (χ2v) is 6.41. The van der Waals surface area contributed by atoms with Crippen LogP contribution in [0, 0.1) is 0 Å². The zero-order valence-electron chi connectivity index (χ0n) is 12.2. The molecule has 0 unspecified atom stereocenters. The van der Waals surface area contributed by atoms with Gasteiger partial charge in [-0.1, -0.05) is 18.7 Å². The highest BCUT2D eigenvalue weighted by atomic mass is 32.2. The number of carbonyl (C=O) groups excluding carboxylic acids is 1. The summed E-state index contributed by atoms with van der Waals surface area (Å²) < 4.78 is 0. The molecule has 0 aromatic carbocycles. The van der Waals surface area contributed by atoms with Crippen LogP contribution in [0.2, 0.25) is 0 Å². The lowest BCUT2D eigenvalue weighted by Crippen LogP contribution is -2.42. The fraction of sp³-hybridized carbons (Fsp3) is 0.462. The number of aromatic amines is 1. The highest BCUT2D eigenvalue weighted by Crippen LogP contribution is 2.18. The van der Waals surface area contributed by atoms with E-state index in [2.05, 4.69) is 15.2 Å². The molecule has 0 saturated carbocycles. The lowest BCUT2D eigenvalue weighted by atomic mass is 10.2. The fourth-order valence-corrected chi connectivity index (χ4v) is 3.33. The molecule has 9 heteroatoms. The molecule has 7 nitrogen and oxygen atoms in total. The number of hydrogen-bond acceptors (Lipinski definition) is 7. The van der Waals surface area contributed by atoms with E-state index in [0.29, 0.717) is 18.1 Å². The summed E-state index contributed by atoms with van der Waals surface area (Å²) in [4.78, 5) is 18.2. The molecule has 0 bridgehead atoms. The number of amides is 1. The van der Waals surface area contributed by atoms with Crippen molar-refractivity contribution >= 4 is 35.0 Å². The van der Waals surface area contributed by atoms with Gasteiger partial charge in [0.25, 0.3) is 0 Å². The van der Waals surface area contributed by atoms with Crippen molar-refractivity contribution in [3.05, 3.63) is 22.4 Å². The van der Waals surface area contributed by atoms with E-state index in [0.717, 1.165) is 5.56 Å². The minimum Gasteiger partial charge on any atom is -0.394 e. The molecule has 22 heavy (non-hydrogen) atoms. The first-order valence-corrected chi connectivity index (χ1v) is 8.79. The van der Waals surface area contributed by atoms with Crippen LogP contribution in [0.3, 0.4) is 0 Å². The number of hydrogen-bond donors (Lipinski definition) is 3. The van der Waals surface area contributed by atoms with Crippen LogP contribution in [0.1, 0.15) is 18.9 Å². The lowest BCUT2D eigenvalue weighted by molar-refractivity contribution is -0.132. The number of thioether (sulfide) groups is 1. The first kappa shape index (κ1) is 16.8. The number of thiophene rings is 1. The van der Waals surface area contributed by atoms with Gasteiger partial charge in [0.15, 0.2) is 0 Å². The summed E-state index contributed by atoms with van der Waals surface area (Å²) in [5.74, 6) is 0.380. The smallest absolute Gasteiger partial charge is 0.233 e. The number of H-pyrrole nitrogens is 1. The lowest BCUT2D eigenvalue weighted by Gasteiger charge is -2.29. The second-order valence-electron chi connectivity index (χ2n) is 4.69. The Morgan fingerprint density at radius 3 is 3.00 bits per heavy atom. The minimum atomic E-state index is -0.190. The highest BCUT2D eigenvalue weighted by Gasteiger charge is 2.22. The summed E-state index contributed by atoms with van der Waals surface area (Å²) in [6.45, 7) is 2.40. The van der Waals surface area contributed by atoms with Gasteiger partial charge in [-0.05, 0) is 28.8 Å². The van der Waals surface area contributed by atoms with Crippen molar-refractivity contribution in [3.63, 3.8) is 0 Å². The monoisotopic (exact) mass is 341 g/mol. The molecule has 0 aliphatic heterocycles. The van der Waals surface area contributed by atoms with Crippen LogP contribution in [-0.4, -0.2) is 49.5 Å². The Hall–Kier alpha value is -1.58. The third kappa shape index (κ3) is 4.46. The average molecular weight is 341 g/mol. The van der Waals surface area contributed by atoms with E-state index >= 15 is 0 Å². The van der Waals surface area contributed by atoms with E-state index in [1.54, 1.807) is 16.2 Å². The fourth-order valence-electron chi connectivity index (χ4n) is 1.98. The number of nitrogen functional groups attached to an aromatic ring is 1. The van der Waals surface area contributed by atoms with Crippen LogP contribution in [0.25, 0.3) is 0 Å².